The third-order valence-corrected chi connectivity index (χ3v) is 2.11. The summed E-state index contributed by atoms with van der Waals surface area (Å²) in [6.45, 7) is 7.38. The Morgan fingerprint density at radius 3 is 2.33 bits per heavy atom. The molecule has 1 aliphatic heterocycles. The summed E-state index contributed by atoms with van der Waals surface area (Å²) in [5.41, 5.74) is 0. The van der Waals surface area contributed by atoms with Crippen molar-refractivity contribution < 1.29 is 4.79 Å². The number of nitrogens with one attached hydrogen (secondary N) is 1. The number of urea groups is 1. The molecule has 0 aliphatic carbocycles. The Kier molecular flexibility index (Phi) is 7.38. The van der Waals surface area contributed by atoms with Crippen molar-refractivity contribution in [2.75, 3.05) is 39.8 Å². The van der Waals surface area contributed by atoms with Gasteiger partial charge < -0.3 is 15.1 Å². The van der Waals surface area contributed by atoms with E-state index in [1.165, 1.54) is 0 Å². The number of hydrogen-bond acceptors (Lipinski definition) is 3. The molecule has 1 aliphatic rings. The van der Waals surface area contributed by atoms with Crippen LogP contribution in [0.4, 0.5) is 4.79 Å². The molecule has 0 aromatic heterocycles. The number of carbonyl (C=O) groups excluding carboxylic acids is 1. The predicted octanol–water partition coefficient (Wildman–Crippen LogP) is 0.493. The second-order valence-corrected chi connectivity index (χ2v) is 3.11. The number of carbonyl (C=O) groups is 1. The van der Waals surface area contributed by atoms with Crippen molar-refractivity contribution in [2.24, 2.45) is 0 Å². The van der Waals surface area contributed by atoms with Crippen LogP contribution in [0.3, 0.4) is 0 Å². The quantitative estimate of drug-likeness (QED) is 0.644. The molecule has 0 unspecified atom stereocenters. The van der Waals surface area contributed by atoms with Crippen molar-refractivity contribution in [2.45, 2.75) is 13.8 Å². The maximum atomic E-state index is 11.3. The molecule has 5 nitrogen and oxygen atoms in total. The molecule has 0 aromatic rings. The molecular formula is C10H20N4O. The van der Waals surface area contributed by atoms with E-state index in [9.17, 15) is 4.79 Å². The molecule has 2 amide bonds. The van der Waals surface area contributed by atoms with Crippen LogP contribution in [-0.4, -0.2) is 55.6 Å². The summed E-state index contributed by atoms with van der Waals surface area (Å²) in [7, 11) is 2.03. The minimum absolute atomic E-state index is 0.0885. The standard InChI is InChI=1S/C8H14N4O.C2H6/c1-11-4-6-12(7-5-11)8(13)10-3-2-9;1-2/h3-7H2,1H3,(H,10,13);1-2H3. The molecule has 0 bridgehead atoms. The molecule has 86 valence electrons. The summed E-state index contributed by atoms with van der Waals surface area (Å²) in [6.07, 6.45) is 0. The molecule has 0 radical (unpaired) electrons. The first kappa shape index (κ1) is 13.7. The average Bonchev–Trinajstić information content (AvgIpc) is 2.29. The minimum Gasteiger partial charge on any atom is -0.325 e. The zero-order valence-corrected chi connectivity index (χ0v) is 9.79. The van der Waals surface area contributed by atoms with E-state index in [0.29, 0.717) is 0 Å². The summed E-state index contributed by atoms with van der Waals surface area (Å²) in [5.74, 6) is 0. The van der Waals surface area contributed by atoms with Gasteiger partial charge >= 0.3 is 6.03 Å². The highest BCUT2D eigenvalue weighted by Crippen LogP contribution is 1.98. The zero-order valence-electron chi connectivity index (χ0n) is 9.79. The number of amides is 2. The van der Waals surface area contributed by atoms with E-state index >= 15 is 0 Å². The van der Waals surface area contributed by atoms with Gasteiger partial charge in [-0.2, -0.15) is 5.26 Å². The number of nitriles is 1. The average molecular weight is 212 g/mol. The zero-order chi connectivity index (χ0) is 11.7. The number of likely N-dealkylation sites (N-methyl/N-ethyl adjacent to an activating group) is 1. The van der Waals surface area contributed by atoms with E-state index in [1.807, 2.05) is 27.0 Å². The summed E-state index contributed by atoms with van der Waals surface area (Å²) in [5, 5.41) is 10.8. The first-order chi connectivity index (χ1) is 7.24. The van der Waals surface area contributed by atoms with Crippen molar-refractivity contribution in [3.05, 3.63) is 0 Å². The van der Waals surface area contributed by atoms with Gasteiger partial charge in [-0.15, -0.1) is 0 Å². The molecule has 0 saturated carbocycles. The van der Waals surface area contributed by atoms with Crippen LogP contribution in [0.2, 0.25) is 0 Å². The normalized spacial score (nSPS) is 16.0. The van der Waals surface area contributed by atoms with Crippen molar-refractivity contribution in [3.63, 3.8) is 0 Å². The lowest BCUT2D eigenvalue weighted by Gasteiger charge is -2.32. The molecule has 1 fully saturated rings. The van der Waals surface area contributed by atoms with E-state index in [1.54, 1.807) is 4.90 Å². The molecule has 1 rings (SSSR count). The van der Waals surface area contributed by atoms with Gasteiger partial charge in [0.15, 0.2) is 0 Å². The fraction of sp³-hybridized carbons (Fsp3) is 0.800. The molecule has 1 N–H and O–H groups in total. The summed E-state index contributed by atoms with van der Waals surface area (Å²) in [4.78, 5) is 15.2. The topological polar surface area (TPSA) is 59.4 Å². The minimum atomic E-state index is -0.130. The highest BCUT2D eigenvalue weighted by atomic mass is 16.2. The van der Waals surface area contributed by atoms with E-state index in [0.717, 1.165) is 26.2 Å². The van der Waals surface area contributed by atoms with Crippen LogP contribution in [0.5, 0.6) is 0 Å². The second kappa shape index (κ2) is 8.06. The van der Waals surface area contributed by atoms with E-state index in [2.05, 4.69) is 10.2 Å². The Labute approximate surface area is 91.6 Å². The fourth-order valence-corrected chi connectivity index (χ4v) is 1.24. The van der Waals surface area contributed by atoms with Gasteiger partial charge in [0.1, 0.15) is 6.54 Å². The van der Waals surface area contributed by atoms with Gasteiger partial charge in [0.25, 0.3) is 0 Å². The number of hydrogen-bond donors (Lipinski definition) is 1. The lowest BCUT2D eigenvalue weighted by atomic mass is 10.3. The lowest BCUT2D eigenvalue weighted by molar-refractivity contribution is 0.155. The summed E-state index contributed by atoms with van der Waals surface area (Å²) < 4.78 is 0. The van der Waals surface area contributed by atoms with Crippen LogP contribution in [-0.2, 0) is 0 Å². The maximum Gasteiger partial charge on any atom is 0.318 e. The molecular weight excluding hydrogens is 192 g/mol. The van der Waals surface area contributed by atoms with Crippen molar-refractivity contribution in [1.29, 1.82) is 5.26 Å². The van der Waals surface area contributed by atoms with Gasteiger partial charge in [0.05, 0.1) is 6.07 Å². The van der Waals surface area contributed by atoms with E-state index < -0.39 is 0 Å². The Morgan fingerprint density at radius 1 is 1.33 bits per heavy atom. The van der Waals surface area contributed by atoms with Crippen molar-refractivity contribution in [3.8, 4) is 6.07 Å². The fourth-order valence-electron chi connectivity index (χ4n) is 1.24. The molecule has 0 atom stereocenters. The van der Waals surface area contributed by atoms with Gasteiger partial charge in [-0.1, -0.05) is 13.8 Å². The SMILES string of the molecule is CC.CN1CCN(C(=O)NCC#N)CC1. The maximum absolute atomic E-state index is 11.3. The van der Waals surface area contributed by atoms with Crippen LogP contribution in [0.25, 0.3) is 0 Å². The largest absolute Gasteiger partial charge is 0.325 e. The van der Waals surface area contributed by atoms with Crippen molar-refractivity contribution >= 4 is 6.03 Å². The number of rotatable bonds is 1. The molecule has 5 heteroatoms. The van der Waals surface area contributed by atoms with Gasteiger partial charge in [-0.3, -0.25) is 0 Å². The van der Waals surface area contributed by atoms with Crippen LogP contribution in [0.15, 0.2) is 0 Å². The first-order valence-electron chi connectivity index (χ1n) is 5.32. The summed E-state index contributed by atoms with van der Waals surface area (Å²) >= 11 is 0. The lowest BCUT2D eigenvalue weighted by Crippen LogP contribution is -2.50. The predicted molar refractivity (Wildman–Crippen MR) is 59.4 cm³/mol. The number of piperazine rings is 1. The molecule has 15 heavy (non-hydrogen) atoms. The molecule has 0 aromatic carbocycles. The Hall–Kier alpha value is -1.28. The smallest absolute Gasteiger partial charge is 0.318 e. The van der Waals surface area contributed by atoms with E-state index in [4.69, 9.17) is 5.26 Å². The Morgan fingerprint density at radius 2 is 1.87 bits per heavy atom. The van der Waals surface area contributed by atoms with Gasteiger partial charge in [0.2, 0.25) is 0 Å². The third kappa shape index (κ3) is 5.23. The molecule has 0 spiro atoms. The van der Waals surface area contributed by atoms with Crippen LogP contribution in [0.1, 0.15) is 13.8 Å². The van der Waals surface area contributed by atoms with Crippen molar-refractivity contribution in [1.82, 2.24) is 15.1 Å². The van der Waals surface area contributed by atoms with E-state index in [-0.39, 0.29) is 12.6 Å². The van der Waals surface area contributed by atoms with Crippen LogP contribution >= 0.6 is 0 Å². The molecule has 1 saturated heterocycles. The first-order valence-corrected chi connectivity index (χ1v) is 5.32. The monoisotopic (exact) mass is 212 g/mol. The highest BCUT2D eigenvalue weighted by molar-refractivity contribution is 5.74. The van der Waals surface area contributed by atoms with Gasteiger partial charge in [0, 0.05) is 26.2 Å². The Balaban J connectivity index is 0.000000921. The van der Waals surface area contributed by atoms with Crippen LogP contribution in [0, 0.1) is 11.3 Å². The van der Waals surface area contributed by atoms with Crippen LogP contribution < -0.4 is 5.32 Å². The highest BCUT2D eigenvalue weighted by Gasteiger charge is 2.17. The molecule has 1 heterocycles. The summed E-state index contributed by atoms with van der Waals surface area (Å²) in [6, 6.07) is 1.75. The second-order valence-electron chi connectivity index (χ2n) is 3.11. The third-order valence-electron chi connectivity index (χ3n) is 2.11. The Bertz CT molecular complexity index is 216. The van der Waals surface area contributed by atoms with Gasteiger partial charge in [-0.05, 0) is 7.05 Å². The van der Waals surface area contributed by atoms with Gasteiger partial charge in [-0.25, -0.2) is 4.79 Å². The number of nitrogens with zero attached hydrogens (tertiary/aromatic N) is 3.